The van der Waals surface area contributed by atoms with Crippen LogP contribution in [-0.4, -0.2) is 24.9 Å². The topological polar surface area (TPSA) is 84.5 Å². The highest BCUT2D eigenvalue weighted by molar-refractivity contribution is 6.30. The molecule has 0 spiro atoms. The summed E-state index contributed by atoms with van der Waals surface area (Å²) in [5.41, 5.74) is 1.26. The molecule has 1 saturated carbocycles. The van der Waals surface area contributed by atoms with Gasteiger partial charge in [-0.2, -0.15) is 0 Å². The maximum Gasteiger partial charge on any atom is 0.337 e. The molecule has 0 bridgehead atoms. The van der Waals surface area contributed by atoms with Crippen LogP contribution >= 0.6 is 11.6 Å². The molecule has 0 aliphatic heterocycles. The van der Waals surface area contributed by atoms with Gasteiger partial charge in [-0.05, 0) is 54.3 Å². The number of rotatable bonds is 6. The van der Waals surface area contributed by atoms with E-state index < -0.39 is 16.8 Å². The fraction of sp³-hybridized carbons (Fsp3) is 0.375. The first kappa shape index (κ1) is 22.8. The van der Waals surface area contributed by atoms with Crippen molar-refractivity contribution in [3.8, 4) is 0 Å². The average molecular weight is 443 g/mol. The molecule has 2 aromatic rings. The van der Waals surface area contributed by atoms with Crippen LogP contribution < -0.4 is 10.6 Å². The quantitative estimate of drug-likeness (QED) is 0.647. The van der Waals surface area contributed by atoms with E-state index >= 15 is 0 Å². The van der Waals surface area contributed by atoms with E-state index in [4.69, 9.17) is 16.3 Å². The van der Waals surface area contributed by atoms with E-state index in [9.17, 15) is 14.4 Å². The van der Waals surface area contributed by atoms with E-state index in [1.54, 1.807) is 30.3 Å². The molecule has 7 heteroatoms. The molecular weight excluding hydrogens is 416 g/mol. The van der Waals surface area contributed by atoms with Gasteiger partial charge in [-0.1, -0.05) is 44.5 Å². The Labute approximate surface area is 187 Å². The van der Waals surface area contributed by atoms with Gasteiger partial charge in [-0.3, -0.25) is 9.59 Å². The minimum atomic E-state index is -0.591. The minimum absolute atomic E-state index is 0.110. The Balaban J connectivity index is 1.82. The van der Waals surface area contributed by atoms with Crippen molar-refractivity contribution in [2.45, 2.75) is 45.6 Å². The van der Waals surface area contributed by atoms with Crippen LogP contribution in [0.2, 0.25) is 5.02 Å². The monoisotopic (exact) mass is 442 g/mol. The van der Waals surface area contributed by atoms with Crippen molar-refractivity contribution in [2.75, 3.05) is 12.4 Å². The number of nitrogens with one attached hydrogen (secondary N) is 2. The number of carbonyl (C=O) groups is 3. The van der Waals surface area contributed by atoms with Gasteiger partial charge in [-0.15, -0.1) is 0 Å². The maximum absolute atomic E-state index is 13.1. The first-order valence-electron chi connectivity index (χ1n) is 10.1. The Morgan fingerprint density at radius 1 is 1.06 bits per heavy atom. The Hall–Kier alpha value is -2.86. The van der Waals surface area contributed by atoms with Crippen molar-refractivity contribution in [3.05, 3.63) is 64.2 Å². The molecule has 6 nitrogen and oxygen atoms in total. The summed E-state index contributed by atoms with van der Waals surface area (Å²) in [6, 6.07) is 12.3. The fourth-order valence-electron chi connectivity index (χ4n) is 3.34. The smallest absolute Gasteiger partial charge is 0.337 e. The van der Waals surface area contributed by atoms with Crippen molar-refractivity contribution in [2.24, 2.45) is 5.41 Å². The van der Waals surface area contributed by atoms with Crippen molar-refractivity contribution in [1.29, 1.82) is 0 Å². The summed E-state index contributed by atoms with van der Waals surface area (Å²) in [5.74, 6) is -0.763. The molecule has 0 unspecified atom stereocenters. The van der Waals surface area contributed by atoms with Crippen molar-refractivity contribution >= 4 is 35.1 Å². The Kier molecular flexibility index (Phi) is 6.41. The highest BCUT2D eigenvalue weighted by atomic mass is 35.5. The highest BCUT2D eigenvalue weighted by Gasteiger charge is 2.51. The van der Waals surface area contributed by atoms with Crippen LogP contribution in [0.25, 0.3) is 0 Å². The van der Waals surface area contributed by atoms with E-state index in [0.717, 1.165) is 18.4 Å². The number of ether oxygens (including phenoxy) is 1. The van der Waals surface area contributed by atoms with Gasteiger partial charge in [-0.25, -0.2) is 4.79 Å². The molecule has 1 fully saturated rings. The average Bonchev–Trinajstić information content (AvgIpc) is 3.53. The van der Waals surface area contributed by atoms with Gasteiger partial charge in [0.05, 0.1) is 18.1 Å². The molecule has 164 valence electrons. The van der Waals surface area contributed by atoms with E-state index in [1.165, 1.54) is 7.11 Å². The molecule has 2 N–H and O–H groups in total. The summed E-state index contributed by atoms with van der Waals surface area (Å²) in [7, 11) is 1.30. The number of esters is 1. The van der Waals surface area contributed by atoms with Crippen LogP contribution in [-0.2, 0) is 26.3 Å². The zero-order chi connectivity index (χ0) is 22.8. The molecule has 2 amide bonds. The Morgan fingerprint density at radius 2 is 1.71 bits per heavy atom. The normalized spacial score (nSPS) is 14.5. The molecule has 1 aliphatic rings. The fourth-order valence-corrected chi connectivity index (χ4v) is 3.47. The predicted molar refractivity (Wildman–Crippen MR) is 120 cm³/mol. The number of carbonyl (C=O) groups excluding carboxylic acids is 3. The van der Waals surface area contributed by atoms with E-state index in [2.05, 4.69) is 10.6 Å². The maximum atomic E-state index is 13.1. The number of hydrogen-bond donors (Lipinski definition) is 2. The van der Waals surface area contributed by atoms with Crippen LogP contribution in [0, 0.1) is 5.41 Å². The largest absolute Gasteiger partial charge is 0.465 e. The number of anilines is 1. The third kappa shape index (κ3) is 5.25. The standard InChI is InChI=1S/C24H27ClN2O4/c1-23(2,3)21(29)26-14-15-11-16(20(28)31-4)13-19(12-15)27-22(30)24(9-10-24)17-5-7-18(25)8-6-17/h5-8,11-13H,9-10,14H2,1-4H3,(H,26,29)(H,27,30). The van der Waals surface area contributed by atoms with Crippen molar-refractivity contribution in [3.63, 3.8) is 0 Å². The lowest BCUT2D eigenvalue weighted by Gasteiger charge is -2.19. The summed E-state index contributed by atoms with van der Waals surface area (Å²) >= 11 is 5.98. The van der Waals surface area contributed by atoms with Crippen LogP contribution in [0.3, 0.4) is 0 Å². The summed E-state index contributed by atoms with van der Waals surface area (Å²) in [6.07, 6.45) is 1.48. The number of methoxy groups -OCH3 is 1. The Morgan fingerprint density at radius 3 is 2.26 bits per heavy atom. The molecule has 0 aromatic heterocycles. The van der Waals surface area contributed by atoms with Gasteiger partial charge in [0.15, 0.2) is 0 Å². The van der Waals surface area contributed by atoms with Crippen LogP contribution in [0.5, 0.6) is 0 Å². The summed E-state index contributed by atoms with van der Waals surface area (Å²) in [4.78, 5) is 37.5. The molecule has 2 aromatic carbocycles. The van der Waals surface area contributed by atoms with Gasteiger partial charge < -0.3 is 15.4 Å². The van der Waals surface area contributed by atoms with Crippen molar-refractivity contribution < 1.29 is 19.1 Å². The summed E-state index contributed by atoms with van der Waals surface area (Å²) < 4.78 is 4.84. The SMILES string of the molecule is COC(=O)c1cc(CNC(=O)C(C)(C)C)cc(NC(=O)C2(c3ccc(Cl)cc3)CC2)c1. The lowest BCUT2D eigenvalue weighted by molar-refractivity contribution is -0.128. The summed E-state index contributed by atoms with van der Waals surface area (Å²) in [6.45, 7) is 5.70. The molecule has 0 heterocycles. The molecule has 0 saturated heterocycles. The number of amides is 2. The zero-order valence-corrected chi connectivity index (χ0v) is 18.9. The van der Waals surface area contributed by atoms with Gasteiger partial charge >= 0.3 is 5.97 Å². The number of benzene rings is 2. The van der Waals surface area contributed by atoms with Crippen LogP contribution in [0.4, 0.5) is 5.69 Å². The van der Waals surface area contributed by atoms with Crippen LogP contribution in [0.15, 0.2) is 42.5 Å². The molecule has 0 atom stereocenters. The minimum Gasteiger partial charge on any atom is -0.465 e. The first-order valence-corrected chi connectivity index (χ1v) is 10.5. The second-order valence-electron chi connectivity index (χ2n) is 8.89. The molecule has 31 heavy (non-hydrogen) atoms. The first-order chi connectivity index (χ1) is 14.5. The number of halogens is 1. The Bertz CT molecular complexity index is 1010. The van der Waals surface area contributed by atoms with Gasteiger partial charge in [0.1, 0.15) is 0 Å². The van der Waals surface area contributed by atoms with Gasteiger partial charge in [0.25, 0.3) is 0 Å². The molecular formula is C24H27ClN2O4. The van der Waals surface area contributed by atoms with Crippen molar-refractivity contribution in [1.82, 2.24) is 5.32 Å². The second-order valence-corrected chi connectivity index (χ2v) is 9.32. The molecule has 3 rings (SSSR count). The third-order valence-electron chi connectivity index (χ3n) is 5.39. The lowest BCUT2D eigenvalue weighted by atomic mass is 9.94. The van der Waals surface area contributed by atoms with E-state index in [1.807, 2.05) is 32.9 Å². The number of hydrogen-bond acceptors (Lipinski definition) is 4. The second kappa shape index (κ2) is 8.71. The summed E-state index contributed by atoms with van der Waals surface area (Å²) in [5, 5.41) is 6.42. The molecule has 1 aliphatic carbocycles. The lowest BCUT2D eigenvalue weighted by Crippen LogP contribution is -2.34. The predicted octanol–water partition coefficient (Wildman–Crippen LogP) is 4.46. The van der Waals surface area contributed by atoms with Gasteiger partial charge in [0.2, 0.25) is 11.8 Å². The third-order valence-corrected chi connectivity index (χ3v) is 5.64. The van der Waals surface area contributed by atoms with E-state index in [0.29, 0.717) is 21.8 Å². The van der Waals surface area contributed by atoms with Crippen LogP contribution in [0.1, 0.15) is 55.1 Å². The zero-order valence-electron chi connectivity index (χ0n) is 18.2. The van der Waals surface area contributed by atoms with Gasteiger partial charge in [0, 0.05) is 22.7 Å². The van der Waals surface area contributed by atoms with E-state index in [-0.39, 0.29) is 18.4 Å². The highest BCUT2D eigenvalue weighted by Crippen LogP contribution is 2.49. The molecule has 0 radical (unpaired) electrons.